The molecule has 0 amide bonds. The number of nitro benzene ring substituents is 1. The molecule has 3 aromatic carbocycles. The van der Waals surface area contributed by atoms with E-state index in [1.807, 2.05) is 48.5 Å². The van der Waals surface area contributed by atoms with Gasteiger partial charge in [0.15, 0.2) is 0 Å². The standard InChI is InChI=1S/C24H21N3O4/c1-30-21-11-3-17(4-12-21)15-26-16-25-23(18-5-9-20(10-6-18)27(28)29)24(26)19-7-13-22(31-2)14-8-19/h3-14,16H,15H2,1-2H3. The molecule has 0 atom stereocenters. The number of aromatic nitrogens is 2. The first-order chi connectivity index (χ1) is 15.1. The number of rotatable bonds is 7. The first-order valence-corrected chi connectivity index (χ1v) is 9.66. The van der Waals surface area contributed by atoms with Gasteiger partial charge in [0.2, 0.25) is 0 Å². The van der Waals surface area contributed by atoms with Gasteiger partial charge in [0.05, 0.1) is 36.9 Å². The van der Waals surface area contributed by atoms with E-state index in [0.717, 1.165) is 39.6 Å². The highest BCUT2D eigenvalue weighted by molar-refractivity contribution is 5.79. The summed E-state index contributed by atoms with van der Waals surface area (Å²) in [6.07, 6.45) is 1.79. The molecule has 0 fully saturated rings. The highest BCUT2D eigenvalue weighted by Gasteiger charge is 2.17. The van der Waals surface area contributed by atoms with E-state index in [1.165, 1.54) is 12.1 Å². The Balaban J connectivity index is 1.77. The molecule has 0 radical (unpaired) electrons. The summed E-state index contributed by atoms with van der Waals surface area (Å²) in [7, 11) is 3.27. The minimum atomic E-state index is -0.406. The number of nitrogens with zero attached hydrogens (tertiary/aromatic N) is 3. The fourth-order valence-electron chi connectivity index (χ4n) is 3.43. The molecule has 0 unspecified atom stereocenters. The van der Waals surface area contributed by atoms with Gasteiger partial charge in [-0.05, 0) is 54.1 Å². The molecule has 0 N–H and O–H groups in total. The zero-order chi connectivity index (χ0) is 21.8. The molecule has 1 heterocycles. The number of imidazole rings is 1. The number of ether oxygens (including phenoxy) is 2. The summed E-state index contributed by atoms with van der Waals surface area (Å²) in [5, 5.41) is 11.0. The molecule has 31 heavy (non-hydrogen) atoms. The number of methoxy groups -OCH3 is 2. The third-order valence-corrected chi connectivity index (χ3v) is 5.06. The SMILES string of the molecule is COc1ccc(Cn2cnc(-c3ccc([N+](=O)[O-])cc3)c2-c2ccc(OC)cc2)cc1. The third-order valence-electron chi connectivity index (χ3n) is 5.06. The van der Waals surface area contributed by atoms with Crippen LogP contribution in [0.2, 0.25) is 0 Å². The minimum Gasteiger partial charge on any atom is -0.497 e. The van der Waals surface area contributed by atoms with Gasteiger partial charge in [0.25, 0.3) is 5.69 Å². The van der Waals surface area contributed by atoms with Crippen molar-refractivity contribution in [2.45, 2.75) is 6.54 Å². The smallest absolute Gasteiger partial charge is 0.269 e. The first-order valence-electron chi connectivity index (χ1n) is 9.66. The number of hydrogen-bond donors (Lipinski definition) is 0. The van der Waals surface area contributed by atoms with Gasteiger partial charge >= 0.3 is 0 Å². The Labute approximate surface area is 179 Å². The molecule has 0 spiro atoms. The second kappa shape index (κ2) is 8.71. The van der Waals surface area contributed by atoms with Gasteiger partial charge in [-0.1, -0.05) is 12.1 Å². The van der Waals surface area contributed by atoms with Crippen LogP contribution in [0, 0.1) is 10.1 Å². The summed E-state index contributed by atoms with van der Waals surface area (Å²) >= 11 is 0. The van der Waals surface area contributed by atoms with Crippen LogP contribution in [0.3, 0.4) is 0 Å². The third kappa shape index (κ3) is 4.25. The van der Waals surface area contributed by atoms with Gasteiger partial charge in [0.1, 0.15) is 11.5 Å². The van der Waals surface area contributed by atoms with E-state index >= 15 is 0 Å². The maximum absolute atomic E-state index is 11.0. The van der Waals surface area contributed by atoms with Crippen molar-refractivity contribution in [2.75, 3.05) is 14.2 Å². The van der Waals surface area contributed by atoms with Crippen LogP contribution in [0.5, 0.6) is 11.5 Å². The summed E-state index contributed by atoms with van der Waals surface area (Å²) in [5.41, 5.74) is 4.61. The number of benzene rings is 3. The summed E-state index contributed by atoms with van der Waals surface area (Å²) in [5.74, 6) is 1.57. The van der Waals surface area contributed by atoms with Gasteiger partial charge < -0.3 is 14.0 Å². The Morgan fingerprint density at radius 2 is 1.39 bits per heavy atom. The molecule has 1 aromatic heterocycles. The van der Waals surface area contributed by atoms with Crippen molar-refractivity contribution in [2.24, 2.45) is 0 Å². The lowest BCUT2D eigenvalue weighted by Crippen LogP contribution is -2.01. The van der Waals surface area contributed by atoms with Crippen LogP contribution in [-0.4, -0.2) is 28.7 Å². The molecule has 156 valence electrons. The van der Waals surface area contributed by atoms with Crippen molar-refractivity contribution >= 4 is 5.69 Å². The molecule has 0 aliphatic rings. The molecule has 7 heteroatoms. The van der Waals surface area contributed by atoms with E-state index in [1.54, 1.807) is 32.7 Å². The predicted molar refractivity (Wildman–Crippen MR) is 118 cm³/mol. The van der Waals surface area contributed by atoms with Gasteiger partial charge in [-0.2, -0.15) is 0 Å². The minimum absolute atomic E-state index is 0.0485. The molecule has 4 rings (SSSR count). The van der Waals surface area contributed by atoms with Crippen LogP contribution < -0.4 is 9.47 Å². The average Bonchev–Trinajstić information content (AvgIpc) is 3.23. The number of non-ortho nitro benzene ring substituents is 1. The molecular formula is C24H21N3O4. The van der Waals surface area contributed by atoms with Gasteiger partial charge in [-0.3, -0.25) is 10.1 Å². The van der Waals surface area contributed by atoms with E-state index in [-0.39, 0.29) is 5.69 Å². The fraction of sp³-hybridized carbons (Fsp3) is 0.125. The normalized spacial score (nSPS) is 10.6. The second-order valence-corrected chi connectivity index (χ2v) is 6.95. The molecule has 4 aromatic rings. The van der Waals surface area contributed by atoms with E-state index < -0.39 is 4.92 Å². The summed E-state index contributed by atoms with van der Waals surface area (Å²) < 4.78 is 12.6. The molecule has 7 nitrogen and oxygen atoms in total. The highest BCUT2D eigenvalue weighted by atomic mass is 16.6. The molecule has 0 saturated carbocycles. The average molecular weight is 415 g/mol. The molecular weight excluding hydrogens is 394 g/mol. The van der Waals surface area contributed by atoms with Crippen molar-refractivity contribution in [3.8, 4) is 34.0 Å². The second-order valence-electron chi connectivity index (χ2n) is 6.95. The topological polar surface area (TPSA) is 79.4 Å². The zero-order valence-electron chi connectivity index (χ0n) is 17.2. The van der Waals surface area contributed by atoms with Crippen molar-refractivity contribution in [3.63, 3.8) is 0 Å². The Bertz CT molecular complexity index is 1180. The van der Waals surface area contributed by atoms with Crippen molar-refractivity contribution in [1.29, 1.82) is 0 Å². The quantitative estimate of drug-likeness (QED) is 0.306. The maximum Gasteiger partial charge on any atom is 0.269 e. The number of nitro groups is 1. The lowest BCUT2D eigenvalue weighted by atomic mass is 10.0. The molecule has 0 saturated heterocycles. The van der Waals surface area contributed by atoms with Gasteiger partial charge in [-0.25, -0.2) is 4.98 Å². The van der Waals surface area contributed by atoms with E-state index in [0.29, 0.717) is 6.54 Å². The van der Waals surface area contributed by atoms with E-state index in [2.05, 4.69) is 9.55 Å². The first kappa shape index (κ1) is 20.2. The van der Waals surface area contributed by atoms with Crippen LogP contribution in [-0.2, 0) is 6.54 Å². The summed E-state index contributed by atoms with van der Waals surface area (Å²) in [4.78, 5) is 15.3. The zero-order valence-corrected chi connectivity index (χ0v) is 17.2. The summed E-state index contributed by atoms with van der Waals surface area (Å²) in [6.45, 7) is 0.616. The van der Waals surface area contributed by atoms with Crippen LogP contribution in [0.25, 0.3) is 22.5 Å². The van der Waals surface area contributed by atoms with Gasteiger partial charge in [0, 0.05) is 29.8 Å². The van der Waals surface area contributed by atoms with E-state index in [9.17, 15) is 10.1 Å². The Kier molecular flexibility index (Phi) is 5.66. The van der Waals surface area contributed by atoms with Crippen molar-refractivity contribution in [1.82, 2.24) is 9.55 Å². The predicted octanol–water partition coefficient (Wildman–Crippen LogP) is 5.19. The van der Waals surface area contributed by atoms with Crippen LogP contribution in [0.1, 0.15) is 5.56 Å². The Morgan fingerprint density at radius 3 is 1.94 bits per heavy atom. The Hall–Kier alpha value is -4.13. The largest absolute Gasteiger partial charge is 0.497 e. The molecule has 0 bridgehead atoms. The number of hydrogen-bond acceptors (Lipinski definition) is 5. The van der Waals surface area contributed by atoms with Crippen LogP contribution in [0.15, 0.2) is 79.1 Å². The monoisotopic (exact) mass is 415 g/mol. The maximum atomic E-state index is 11.0. The molecule has 0 aliphatic carbocycles. The fourth-order valence-corrected chi connectivity index (χ4v) is 3.43. The van der Waals surface area contributed by atoms with Gasteiger partial charge in [-0.15, -0.1) is 0 Å². The van der Waals surface area contributed by atoms with Crippen LogP contribution in [0.4, 0.5) is 5.69 Å². The highest BCUT2D eigenvalue weighted by Crippen LogP contribution is 2.33. The van der Waals surface area contributed by atoms with E-state index in [4.69, 9.17) is 9.47 Å². The van der Waals surface area contributed by atoms with Crippen molar-refractivity contribution in [3.05, 3.63) is 94.8 Å². The lowest BCUT2D eigenvalue weighted by Gasteiger charge is -2.12. The van der Waals surface area contributed by atoms with Crippen LogP contribution >= 0.6 is 0 Å². The van der Waals surface area contributed by atoms with Crippen molar-refractivity contribution < 1.29 is 14.4 Å². The summed E-state index contributed by atoms with van der Waals surface area (Å²) in [6, 6.07) is 22.1. The Morgan fingerprint density at radius 1 is 0.839 bits per heavy atom. The molecule has 0 aliphatic heterocycles. The lowest BCUT2D eigenvalue weighted by molar-refractivity contribution is -0.384.